The molecule has 21 heavy (non-hydrogen) atoms. The van der Waals surface area contributed by atoms with E-state index in [-0.39, 0.29) is 18.3 Å². The van der Waals surface area contributed by atoms with Gasteiger partial charge < -0.3 is 15.7 Å². The average Bonchev–Trinajstić information content (AvgIpc) is 2.96. The van der Waals surface area contributed by atoms with Crippen LogP contribution in [0.2, 0.25) is 5.02 Å². The number of anilines is 1. The Morgan fingerprint density at radius 1 is 1.43 bits per heavy atom. The normalized spacial score (nSPS) is 12.0. The molecule has 0 spiro atoms. The third-order valence-corrected chi connectivity index (χ3v) is 4.01. The molecule has 4 nitrogen and oxygen atoms in total. The first kappa shape index (κ1) is 15.8. The van der Waals surface area contributed by atoms with Crippen LogP contribution in [0, 0.1) is 5.82 Å². The Labute approximate surface area is 130 Å². The van der Waals surface area contributed by atoms with Gasteiger partial charge in [-0.3, -0.25) is 0 Å². The molecule has 0 aliphatic heterocycles. The molecule has 1 atom stereocenters. The molecule has 3 N–H and O–H groups in total. The summed E-state index contributed by atoms with van der Waals surface area (Å²) in [6.07, 6.45) is 0.381. The maximum atomic E-state index is 13.5. The molecule has 0 aliphatic rings. The number of amides is 2. The van der Waals surface area contributed by atoms with Crippen LogP contribution in [0.1, 0.15) is 17.3 Å². The smallest absolute Gasteiger partial charge is 0.319 e. The summed E-state index contributed by atoms with van der Waals surface area (Å²) in [4.78, 5) is 12.9. The summed E-state index contributed by atoms with van der Waals surface area (Å²) in [5, 5.41) is 16.4. The summed E-state index contributed by atoms with van der Waals surface area (Å²) < 4.78 is 13.5. The van der Waals surface area contributed by atoms with Crippen molar-refractivity contribution in [3.8, 4) is 0 Å². The van der Waals surface area contributed by atoms with Crippen LogP contribution >= 0.6 is 22.9 Å². The van der Waals surface area contributed by atoms with Crippen molar-refractivity contribution in [3.05, 3.63) is 51.4 Å². The van der Waals surface area contributed by atoms with E-state index in [0.29, 0.717) is 11.4 Å². The van der Waals surface area contributed by atoms with Crippen LogP contribution in [0.4, 0.5) is 14.9 Å². The first-order chi connectivity index (χ1) is 10.1. The molecule has 1 heterocycles. The van der Waals surface area contributed by atoms with Gasteiger partial charge in [0.25, 0.3) is 0 Å². The molecule has 2 amide bonds. The predicted molar refractivity (Wildman–Crippen MR) is 82.3 cm³/mol. The second-order valence-corrected chi connectivity index (χ2v) is 5.72. The van der Waals surface area contributed by atoms with Crippen LogP contribution in [0.3, 0.4) is 0 Å². The Hall–Kier alpha value is -1.63. The number of halogens is 2. The van der Waals surface area contributed by atoms with Gasteiger partial charge in [0.15, 0.2) is 0 Å². The van der Waals surface area contributed by atoms with Crippen LogP contribution in [0.25, 0.3) is 0 Å². The van der Waals surface area contributed by atoms with Gasteiger partial charge in [-0.25, -0.2) is 9.18 Å². The van der Waals surface area contributed by atoms with E-state index < -0.39 is 11.8 Å². The zero-order chi connectivity index (χ0) is 15.2. The van der Waals surface area contributed by atoms with Crippen molar-refractivity contribution in [1.82, 2.24) is 5.32 Å². The molecule has 0 radical (unpaired) electrons. The van der Waals surface area contributed by atoms with E-state index in [0.717, 1.165) is 4.88 Å². The van der Waals surface area contributed by atoms with Crippen molar-refractivity contribution in [2.24, 2.45) is 0 Å². The number of benzene rings is 1. The summed E-state index contributed by atoms with van der Waals surface area (Å²) in [6, 6.07) is 6.78. The van der Waals surface area contributed by atoms with Crippen molar-refractivity contribution in [2.75, 3.05) is 11.9 Å². The molecule has 2 aromatic rings. The average molecular weight is 329 g/mol. The van der Waals surface area contributed by atoms with Crippen molar-refractivity contribution in [3.63, 3.8) is 0 Å². The molecule has 0 fully saturated rings. The molecule has 0 unspecified atom stereocenters. The van der Waals surface area contributed by atoms with Gasteiger partial charge in [0.2, 0.25) is 0 Å². The summed E-state index contributed by atoms with van der Waals surface area (Å²) in [5.41, 5.74) is 0.00827. The van der Waals surface area contributed by atoms with E-state index >= 15 is 0 Å². The molecule has 0 saturated carbocycles. The lowest BCUT2D eigenvalue weighted by Crippen LogP contribution is -2.33. The fourth-order valence-corrected chi connectivity index (χ4v) is 2.80. The molecule has 2 rings (SSSR count). The van der Waals surface area contributed by atoms with Gasteiger partial charge in [0, 0.05) is 16.5 Å². The summed E-state index contributed by atoms with van der Waals surface area (Å²) in [7, 11) is 0. The fourth-order valence-electron chi connectivity index (χ4n) is 1.81. The number of hydrogen-bond acceptors (Lipinski definition) is 3. The molecule has 0 aliphatic carbocycles. The van der Waals surface area contributed by atoms with Gasteiger partial charge in [0.1, 0.15) is 5.82 Å². The molecule has 112 valence electrons. The number of nitrogens with one attached hydrogen (secondary N) is 2. The highest BCUT2D eigenvalue weighted by Gasteiger charge is 2.16. The van der Waals surface area contributed by atoms with Crippen LogP contribution in [-0.2, 0) is 0 Å². The van der Waals surface area contributed by atoms with Gasteiger partial charge in [-0.2, -0.15) is 0 Å². The number of carbonyl (C=O) groups excluding carboxylic acids is 1. The molecular weight excluding hydrogens is 315 g/mol. The second-order valence-electron chi connectivity index (χ2n) is 4.30. The first-order valence-electron chi connectivity index (χ1n) is 6.27. The Morgan fingerprint density at radius 3 is 2.90 bits per heavy atom. The number of rotatable bonds is 5. The highest BCUT2D eigenvalue weighted by atomic mass is 35.5. The van der Waals surface area contributed by atoms with E-state index in [4.69, 9.17) is 16.7 Å². The van der Waals surface area contributed by atoms with Crippen molar-refractivity contribution in [1.29, 1.82) is 0 Å². The highest BCUT2D eigenvalue weighted by molar-refractivity contribution is 7.10. The van der Waals surface area contributed by atoms with Gasteiger partial charge in [-0.05, 0) is 36.1 Å². The minimum absolute atomic E-state index is 0.00827. The SMILES string of the molecule is O=C(Nc1cc(Cl)ccc1F)N[C@H](CCO)c1cccs1. The lowest BCUT2D eigenvalue weighted by molar-refractivity contribution is 0.239. The molecule has 1 aromatic heterocycles. The quantitative estimate of drug-likeness (QED) is 0.782. The third-order valence-electron chi connectivity index (χ3n) is 2.79. The minimum Gasteiger partial charge on any atom is -0.396 e. The van der Waals surface area contributed by atoms with Gasteiger partial charge in [0.05, 0.1) is 11.7 Å². The van der Waals surface area contributed by atoms with Crippen LogP contribution in [-0.4, -0.2) is 17.7 Å². The zero-order valence-corrected chi connectivity index (χ0v) is 12.5. The monoisotopic (exact) mass is 328 g/mol. The van der Waals surface area contributed by atoms with Gasteiger partial charge in [-0.1, -0.05) is 17.7 Å². The van der Waals surface area contributed by atoms with Gasteiger partial charge in [-0.15, -0.1) is 11.3 Å². The third kappa shape index (κ3) is 4.42. The summed E-state index contributed by atoms with van der Waals surface area (Å²) in [5.74, 6) is -0.565. The van der Waals surface area contributed by atoms with Crippen molar-refractivity contribution >= 4 is 34.7 Å². The topological polar surface area (TPSA) is 61.4 Å². The van der Waals surface area contributed by atoms with E-state index in [1.807, 2.05) is 17.5 Å². The number of aliphatic hydroxyl groups excluding tert-OH is 1. The Balaban J connectivity index is 2.04. The van der Waals surface area contributed by atoms with E-state index in [1.54, 1.807) is 0 Å². The van der Waals surface area contributed by atoms with E-state index in [2.05, 4.69) is 10.6 Å². The van der Waals surface area contributed by atoms with Gasteiger partial charge >= 0.3 is 6.03 Å². The number of thiophene rings is 1. The van der Waals surface area contributed by atoms with E-state index in [9.17, 15) is 9.18 Å². The van der Waals surface area contributed by atoms with Crippen molar-refractivity contribution < 1.29 is 14.3 Å². The number of carbonyl (C=O) groups is 1. The highest BCUT2D eigenvalue weighted by Crippen LogP contribution is 2.23. The summed E-state index contributed by atoms with van der Waals surface area (Å²) >= 11 is 7.24. The first-order valence-corrected chi connectivity index (χ1v) is 7.52. The molecular formula is C14H14ClFN2O2S. The summed E-state index contributed by atoms with van der Waals surface area (Å²) in [6.45, 7) is -0.0611. The Kier molecular flexibility index (Phi) is 5.55. The molecule has 1 aromatic carbocycles. The predicted octanol–water partition coefficient (Wildman–Crippen LogP) is 3.79. The van der Waals surface area contributed by atoms with Crippen LogP contribution in [0.15, 0.2) is 35.7 Å². The largest absolute Gasteiger partial charge is 0.396 e. The maximum Gasteiger partial charge on any atom is 0.319 e. The number of aliphatic hydroxyl groups is 1. The van der Waals surface area contributed by atoms with Crippen LogP contribution < -0.4 is 10.6 Å². The molecule has 7 heteroatoms. The number of hydrogen-bond donors (Lipinski definition) is 3. The minimum atomic E-state index is -0.565. The standard InChI is InChI=1S/C14H14ClFN2O2S/c15-9-3-4-10(16)12(8-9)18-14(20)17-11(5-6-19)13-2-1-7-21-13/h1-4,7-8,11,19H,5-6H2,(H2,17,18,20)/t11-/m1/s1. The number of urea groups is 1. The fraction of sp³-hybridized carbons (Fsp3) is 0.214. The Morgan fingerprint density at radius 2 is 2.24 bits per heavy atom. The lowest BCUT2D eigenvalue weighted by Gasteiger charge is -2.17. The Bertz CT molecular complexity index is 607. The van der Waals surface area contributed by atoms with Crippen molar-refractivity contribution in [2.45, 2.75) is 12.5 Å². The lowest BCUT2D eigenvalue weighted by atomic mass is 10.2. The zero-order valence-electron chi connectivity index (χ0n) is 11.0. The van der Waals surface area contributed by atoms with E-state index in [1.165, 1.54) is 29.5 Å². The van der Waals surface area contributed by atoms with Crippen LogP contribution in [0.5, 0.6) is 0 Å². The maximum absolute atomic E-state index is 13.5. The second kappa shape index (κ2) is 7.40. The molecule has 0 saturated heterocycles. The molecule has 0 bridgehead atoms.